The van der Waals surface area contributed by atoms with Gasteiger partial charge < -0.3 is 0 Å². The van der Waals surface area contributed by atoms with Crippen molar-refractivity contribution in [1.29, 1.82) is 5.26 Å². The van der Waals surface area contributed by atoms with Crippen LogP contribution in [-0.4, -0.2) is 11.8 Å². The van der Waals surface area contributed by atoms with Crippen LogP contribution in [-0.2, 0) is 4.79 Å². The molecule has 0 radical (unpaired) electrons. The Kier molecular flexibility index (Phi) is 4.35. The number of nitriles is 1. The summed E-state index contributed by atoms with van der Waals surface area (Å²) in [5.74, 6) is -0.686. The maximum absolute atomic E-state index is 13.4. The van der Waals surface area contributed by atoms with Crippen molar-refractivity contribution in [3.05, 3.63) is 101 Å². The van der Waals surface area contributed by atoms with Gasteiger partial charge in [0.1, 0.15) is 0 Å². The predicted molar refractivity (Wildman–Crippen MR) is 108 cm³/mol. The van der Waals surface area contributed by atoms with E-state index in [4.69, 9.17) is 5.26 Å². The topological polar surface area (TPSA) is 61.2 Å². The average molecular weight is 364 g/mol. The molecule has 0 fully saturated rings. The van der Waals surface area contributed by atoms with Gasteiger partial charge in [0.15, 0.2) is 0 Å². The second kappa shape index (κ2) is 6.98. The van der Waals surface area contributed by atoms with Gasteiger partial charge >= 0.3 is 0 Å². The fourth-order valence-electron chi connectivity index (χ4n) is 3.35. The Hall–Kier alpha value is -3.97. The number of benzene rings is 3. The number of rotatable bonds is 2. The van der Waals surface area contributed by atoms with Crippen LogP contribution in [0.15, 0.2) is 72.8 Å². The molecule has 4 nitrogen and oxygen atoms in total. The molecule has 1 aliphatic rings. The van der Waals surface area contributed by atoms with E-state index in [1.165, 1.54) is 4.90 Å². The van der Waals surface area contributed by atoms with Crippen LogP contribution in [0, 0.1) is 18.3 Å². The molecule has 0 unspecified atom stereocenters. The first kappa shape index (κ1) is 17.4. The highest BCUT2D eigenvalue weighted by atomic mass is 16.2. The maximum atomic E-state index is 13.4. The van der Waals surface area contributed by atoms with Gasteiger partial charge in [-0.3, -0.25) is 9.59 Å². The number of fused-ring (bicyclic) bond motifs is 1. The zero-order chi connectivity index (χ0) is 19.7. The molecule has 0 atom stereocenters. The van der Waals surface area contributed by atoms with Gasteiger partial charge in [0.05, 0.1) is 17.3 Å². The number of para-hydroxylation sites is 1. The molecule has 28 heavy (non-hydrogen) atoms. The Bertz CT molecular complexity index is 1170. The molecule has 1 heterocycles. The number of imide groups is 1. The van der Waals surface area contributed by atoms with Crippen molar-refractivity contribution in [2.24, 2.45) is 0 Å². The molecule has 0 aromatic heterocycles. The van der Waals surface area contributed by atoms with Crippen LogP contribution in [0.4, 0.5) is 5.69 Å². The van der Waals surface area contributed by atoms with Crippen molar-refractivity contribution in [2.75, 3.05) is 4.90 Å². The smallest absolute Gasteiger partial charge is 0.265 e. The number of aryl methyl sites for hydroxylation is 1. The number of hydrogen-bond acceptors (Lipinski definition) is 3. The van der Waals surface area contributed by atoms with E-state index in [0.29, 0.717) is 28.0 Å². The molecule has 4 rings (SSSR count). The first-order chi connectivity index (χ1) is 13.6. The van der Waals surface area contributed by atoms with E-state index in [1.54, 1.807) is 54.6 Å². The van der Waals surface area contributed by atoms with Crippen LogP contribution in [0.2, 0.25) is 0 Å². The minimum atomic E-state index is -0.359. The fraction of sp³-hybridized carbons (Fsp3) is 0.0417. The third-order valence-electron chi connectivity index (χ3n) is 4.79. The van der Waals surface area contributed by atoms with E-state index in [1.807, 2.05) is 31.2 Å². The van der Waals surface area contributed by atoms with Gasteiger partial charge in [-0.1, -0.05) is 48.5 Å². The second-order valence-electron chi connectivity index (χ2n) is 6.57. The van der Waals surface area contributed by atoms with Gasteiger partial charge in [-0.05, 0) is 54.0 Å². The highest BCUT2D eigenvalue weighted by molar-refractivity contribution is 6.43. The summed E-state index contributed by atoms with van der Waals surface area (Å²) >= 11 is 0. The lowest BCUT2D eigenvalue weighted by Gasteiger charge is -2.29. The Labute approximate surface area is 163 Å². The van der Waals surface area contributed by atoms with Crippen molar-refractivity contribution < 1.29 is 9.59 Å². The van der Waals surface area contributed by atoms with Crippen molar-refractivity contribution in [3.63, 3.8) is 0 Å². The van der Waals surface area contributed by atoms with Gasteiger partial charge in [0.2, 0.25) is 0 Å². The van der Waals surface area contributed by atoms with Crippen molar-refractivity contribution in [3.8, 4) is 6.07 Å². The zero-order valence-electron chi connectivity index (χ0n) is 15.2. The lowest BCUT2D eigenvalue weighted by molar-refractivity contribution is -0.112. The Morgan fingerprint density at radius 2 is 1.46 bits per heavy atom. The monoisotopic (exact) mass is 364 g/mol. The van der Waals surface area contributed by atoms with Crippen LogP contribution in [0.3, 0.4) is 0 Å². The lowest BCUT2D eigenvalue weighted by Crippen LogP contribution is -2.42. The number of amides is 2. The second-order valence-corrected chi connectivity index (χ2v) is 6.57. The highest BCUT2D eigenvalue weighted by Crippen LogP contribution is 2.34. The molecule has 0 saturated carbocycles. The van der Waals surface area contributed by atoms with Gasteiger partial charge in [-0.15, -0.1) is 0 Å². The summed E-state index contributed by atoms with van der Waals surface area (Å²) in [6.07, 6.45) is 1.76. The summed E-state index contributed by atoms with van der Waals surface area (Å²) in [5.41, 5.74) is 4.32. The van der Waals surface area contributed by atoms with Gasteiger partial charge in [-0.25, -0.2) is 4.90 Å². The van der Waals surface area contributed by atoms with Crippen molar-refractivity contribution in [1.82, 2.24) is 0 Å². The van der Waals surface area contributed by atoms with E-state index in [-0.39, 0.29) is 11.8 Å². The molecule has 0 N–H and O–H groups in total. The molecule has 1 aliphatic heterocycles. The fourth-order valence-corrected chi connectivity index (χ4v) is 3.35. The molecular weight excluding hydrogens is 348 g/mol. The molecule has 2 amide bonds. The van der Waals surface area contributed by atoms with Crippen molar-refractivity contribution in [2.45, 2.75) is 6.92 Å². The minimum absolute atomic E-state index is 0.327. The summed E-state index contributed by atoms with van der Waals surface area (Å²) in [5, 5.41) is 8.97. The van der Waals surface area contributed by atoms with Crippen LogP contribution >= 0.6 is 0 Å². The third kappa shape index (κ3) is 2.89. The number of hydrogen-bond donors (Lipinski definition) is 0. The maximum Gasteiger partial charge on any atom is 0.265 e. The standard InChI is InChI=1S/C24H16N2O2/c1-16-6-2-5-9-22(16)26-23(27)20-8-4-3-7-19(20)21(24(26)28)14-17-10-12-18(15-25)13-11-17/h2-14H,1H3/b21-14+. The first-order valence-electron chi connectivity index (χ1n) is 8.86. The van der Waals surface area contributed by atoms with Gasteiger partial charge in [0.25, 0.3) is 11.8 Å². The SMILES string of the molecule is Cc1ccccc1N1C(=O)/C(=C/c2ccc(C#N)cc2)c2ccccc2C1=O. The van der Waals surface area contributed by atoms with E-state index in [9.17, 15) is 9.59 Å². The van der Waals surface area contributed by atoms with Crippen LogP contribution < -0.4 is 4.90 Å². The first-order valence-corrected chi connectivity index (χ1v) is 8.86. The van der Waals surface area contributed by atoms with Gasteiger partial charge in [-0.2, -0.15) is 5.26 Å². The number of carbonyl (C=O) groups is 2. The lowest BCUT2D eigenvalue weighted by atomic mass is 9.91. The highest BCUT2D eigenvalue weighted by Gasteiger charge is 2.36. The molecule has 4 heteroatoms. The summed E-state index contributed by atoms with van der Waals surface area (Å²) in [4.78, 5) is 27.7. The minimum Gasteiger partial charge on any atom is -0.268 e. The quantitative estimate of drug-likeness (QED) is 0.493. The molecule has 0 aliphatic carbocycles. The molecule has 0 spiro atoms. The van der Waals surface area contributed by atoms with Gasteiger partial charge in [0, 0.05) is 11.1 Å². The predicted octanol–water partition coefficient (Wildman–Crippen LogP) is 4.59. The Morgan fingerprint density at radius 1 is 0.821 bits per heavy atom. The molecule has 3 aromatic carbocycles. The summed E-state index contributed by atoms with van der Waals surface area (Å²) < 4.78 is 0. The van der Waals surface area contributed by atoms with Crippen LogP contribution in [0.25, 0.3) is 11.6 Å². The Balaban J connectivity index is 1.90. The normalized spacial score (nSPS) is 14.7. The van der Waals surface area contributed by atoms with E-state index in [2.05, 4.69) is 6.07 Å². The van der Waals surface area contributed by atoms with E-state index < -0.39 is 0 Å². The molecule has 3 aromatic rings. The largest absolute Gasteiger partial charge is 0.268 e. The molecular formula is C24H16N2O2. The van der Waals surface area contributed by atoms with Crippen LogP contribution in [0.5, 0.6) is 0 Å². The zero-order valence-corrected chi connectivity index (χ0v) is 15.2. The van der Waals surface area contributed by atoms with Crippen LogP contribution in [0.1, 0.15) is 32.6 Å². The molecule has 0 bridgehead atoms. The molecule has 134 valence electrons. The number of carbonyl (C=O) groups excluding carboxylic acids is 2. The molecule has 0 saturated heterocycles. The average Bonchev–Trinajstić information content (AvgIpc) is 2.73. The van der Waals surface area contributed by atoms with Crippen molar-refractivity contribution >= 4 is 29.2 Å². The summed E-state index contributed by atoms with van der Waals surface area (Å²) in [6, 6.07) is 23.5. The van der Waals surface area contributed by atoms with E-state index >= 15 is 0 Å². The summed E-state index contributed by atoms with van der Waals surface area (Å²) in [7, 11) is 0. The third-order valence-corrected chi connectivity index (χ3v) is 4.79. The number of nitrogens with zero attached hydrogens (tertiary/aromatic N) is 2. The summed E-state index contributed by atoms with van der Waals surface area (Å²) in [6.45, 7) is 1.88. The number of anilines is 1. The van der Waals surface area contributed by atoms with E-state index in [0.717, 1.165) is 11.1 Å². The Morgan fingerprint density at radius 3 is 2.14 bits per heavy atom.